The number of sulfonamides is 2. The fourth-order valence-electron chi connectivity index (χ4n) is 2.12. The molecule has 13 heteroatoms. The predicted molar refractivity (Wildman–Crippen MR) is 112 cm³/mol. The van der Waals surface area contributed by atoms with Gasteiger partial charge in [0.1, 0.15) is 0 Å². The number of hydrogen-bond donors (Lipinski definition) is 3. The summed E-state index contributed by atoms with van der Waals surface area (Å²) in [5.74, 6) is -0.638. The second-order valence-corrected chi connectivity index (χ2v) is 10.4. The molecule has 30 heavy (non-hydrogen) atoms. The van der Waals surface area contributed by atoms with Crippen LogP contribution in [0.5, 0.6) is 0 Å². The maximum absolute atomic E-state index is 11.1. The second kappa shape index (κ2) is 9.60. The zero-order valence-corrected chi connectivity index (χ0v) is 19.2. The van der Waals surface area contributed by atoms with Crippen LogP contribution in [0.2, 0.25) is 10.0 Å². The van der Waals surface area contributed by atoms with Crippen molar-refractivity contribution in [3.8, 4) is 0 Å². The summed E-state index contributed by atoms with van der Waals surface area (Å²) in [7, 11) is -6.36. The van der Waals surface area contributed by atoms with Gasteiger partial charge in [0.25, 0.3) is 0 Å². The van der Waals surface area contributed by atoms with E-state index in [4.69, 9.17) is 33.5 Å². The van der Waals surface area contributed by atoms with Gasteiger partial charge in [-0.05, 0) is 44.2 Å². The molecule has 166 valence electrons. The number of aliphatic hydroxyl groups is 1. The van der Waals surface area contributed by atoms with Crippen molar-refractivity contribution in [3.05, 3.63) is 57.6 Å². The quantitative estimate of drug-likeness (QED) is 0.541. The summed E-state index contributed by atoms with van der Waals surface area (Å²) in [5.41, 5.74) is -0.573. The predicted octanol–water partition coefficient (Wildman–Crippen LogP) is 1.99. The number of esters is 1. The molecule has 0 saturated carbocycles. The molecule has 0 radical (unpaired) electrons. The molecule has 0 saturated heterocycles. The molecule has 2 rings (SSSR count). The highest BCUT2D eigenvalue weighted by Crippen LogP contribution is 2.29. The highest BCUT2D eigenvalue weighted by molar-refractivity contribution is 7.89. The minimum atomic E-state index is -3.81. The van der Waals surface area contributed by atoms with Crippen LogP contribution in [0.4, 0.5) is 0 Å². The van der Waals surface area contributed by atoms with Crippen LogP contribution in [0, 0.1) is 0 Å². The Morgan fingerprint density at radius 1 is 0.933 bits per heavy atom. The highest BCUT2D eigenvalue weighted by Gasteiger charge is 2.21. The number of carbonyl (C=O) groups is 1. The van der Waals surface area contributed by atoms with Crippen molar-refractivity contribution in [2.75, 3.05) is 7.11 Å². The molecule has 0 heterocycles. The topological polar surface area (TPSA) is 167 Å². The Kier molecular flexibility index (Phi) is 8.42. The fourth-order valence-corrected chi connectivity index (χ4v) is 4.00. The Morgan fingerprint density at radius 2 is 1.37 bits per heavy atom. The zero-order valence-electron chi connectivity index (χ0n) is 16.1. The van der Waals surface area contributed by atoms with Crippen LogP contribution in [0.15, 0.2) is 46.2 Å². The summed E-state index contributed by atoms with van der Waals surface area (Å²) in [6.07, 6.45) is 0. The number of methoxy groups -OCH3 is 1. The summed E-state index contributed by atoms with van der Waals surface area (Å²) in [4.78, 5) is 10.9. The van der Waals surface area contributed by atoms with Gasteiger partial charge >= 0.3 is 5.97 Å². The smallest absolute Gasteiger partial charge is 0.339 e. The average Bonchev–Trinajstić information content (AvgIpc) is 2.58. The van der Waals surface area contributed by atoms with E-state index in [1.54, 1.807) is 13.8 Å². The van der Waals surface area contributed by atoms with Gasteiger partial charge in [0, 0.05) is 10.6 Å². The summed E-state index contributed by atoms with van der Waals surface area (Å²) in [5, 5.41) is 19.7. The van der Waals surface area contributed by atoms with E-state index in [1.807, 2.05) is 0 Å². The summed E-state index contributed by atoms with van der Waals surface area (Å²) in [6.45, 7) is 3.12. The molecule has 5 N–H and O–H groups in total. The Hall–Kier alpha value is -1.73. The van der Waals surface area contributed by atoms with Crippen LogP contribution in [-0.2, 0) is 30.4 Å². The van der Waals surface area contributed by atoms with Gasteiger partial charge in [-0.3, -0.25) is 0 Å². The van der Waals surface area contributed by atoms with Crippen LogP contribution in [0.25, 0.3) is 0 Å². The zero-order chi connectivity index (χ0) is 23.5. The molecule has 2 aromatic carbocycles. The second-order valence-electron chi connectivity index (χ2n) is 6.42. The lowest BCUT2D eigenvalue weighted by atomic mass is 9.99. The monoisotopic (exact) mass is 498 g/mol. The first-order valence-corrected chi connectivity index (χ1v) is 11.8. The van der Waals surface area contributed by atoms with E-state index in [0.29, 0.717) is 5.56 Å². The summed E-state index contributed by atoms with van der Waals surface area (Å²) < 4.78 is 48.3. The van der Waals surface area contributed by atoms with Crippen molar-refractivity contribution in [1.29, 1.82) is 0 Å². The number of hydrogen-bond acceptors (Lipinski definition) is 7. The SMILES string of the molecule is CC(C)(O)c1ccc(S(N)(=O)=O)cc1Cl.COC(=O)c1ccc(S(N)(=O)=O)cc1Cl. The van der Waals surface area contributed by atoms with Crippen molar-refractivity contribution in [2.45, 2.75) is 29.2 Å². The van der Waals surface area contributed by atoms with Crippen molar-refractivity contribution in [1.82, 2.24) is 0 Å². The van der Waals surface area contributed by atoms with Crippen LogP contribution in [0.1, 0.15) is 29.8 Å². The van der Waals surface area contributed by atoms with E-state index < -0.39 is 31.6 Å². The van der Waals surface area contributed by atoms with Crippen molar-refractivity contribution in [3.63, 3.8) is 0 Å². The lowest BCUT2D eigenvalue weighted by molar-refractivity contribution is 0.0600. The van der Waals surface area contributed by atoms with Crippen LogP contribution >= 0.6 is 23.2 Å². The van der Waals surface area contributed by atoms with E-state index in [2.05, 4.69) is 4.74 Å². The molecule has 0 atom stereocenters. The van der Waals surface area contributed by atoms with E-state index in [0.717, 1.165) is 6.07 Å². The van der Waals surface area contributed by atoms with Gasteiger partial charge in [-0.2, -0.15) is 0 Å². The Bertz CT molecular complexity index is 1160. The molecule has 0 bridgehead atoms. The third-order valence-electron chi connectivity index (χ3n) is 3.60. The Labute approximate surface area is 184 Å². The Balaban J connectivity index is 0.000000300. The number of ether oxygens (including phenoxy) is 1. The number of benzene rings is 2. The van der Waals surface area contributed by atoms with Crippen molar-refractivity contribution >= 4 is 49.2 Å². The molecular formula is C17H20Cl2N2O7S2. The number of primary sulfonamides is 2. The summed E-state index contributed by atoms with van der Waals surface area (Å²) in [6, 6.07) is 7.52. The molecule has 0 aromatic heterocycles. The number of nitrogens with two attached hydrogens (primary N) is 2. The molecule has 0 amide bonds. The van der Waals surface area contributed by atoms with Crippen molar-refractivity contribution < 1.29 is 31.5 Å². The van der Waals surface area contributed by atoms with E-state index in [1.165, 1.54) is 37.4 Å². The number of carbonyl (C=O) groups excluding carboxylic acids is 1. The molecular weight excluding hydrogens is 479 g/mol. The fraction of sp³-hybridized carbons (Fsp3) is 0.235. The third-order valence-corrected chi connectivity index (χ3v) is 6.05. The minimum absolute atomic E-state index is 0.0200. The minimum Gasteiger partial charge on any atom is -0.465 e. The van der Waals surface area contributed by atoms with Crippen LogP contribution in [-0.4, -0.2) is 35.0 Å². The maximum atomic E-state index is 11.1. The molecule has 0 unspecified atom stereocenters. The molecule has 9 nitrogen and oxygen atoms in total. The largest absolute Gasteiger partial charge is 0.465 e. The van der Waals surface area contributed by atoms with Gasteiger partial charge in [0.2, 0.25) is 20.0 Å². The lowest BCUT2D eigenvalue weighted by Crippen LogP contribution is -2.17. The molecule has 0 fully saturated rings. The van der Waals surface area contributed by atoms with Gasteiger partial charge in [0.15, 0.2) is 0 Å². The van der Waals surface area contributed by atoms with Gasteiger partial charge in [-0.25, -0.2) is 31.9 Å². The van der Waals surface area contributed by atoms with E-state index in [-0.39, 0.29) is 25.4 Å². The first-order chi connectivity index (χ1) is 13.5. The van der Waals surface area contributed by atoms with Gasteiger partial charge < -0.3 is 9.84 Å². The average molecular weight is 499 g/mol. The normalized spacial score (nSPS) is 12.0. The van der Waals surface area contributed by atoms with Crippen LogP contribution in [0.3, 0.4) is 0 Å². The molecule has 2 aromatic rings. The van der Waals surface area contributed by atoms with Crippen LogP contribution < -0.4 is 10.3 Å². The van der Waals surface area contributed by atoms with Crippen molar-refractivity contribution in [2.24, 2.45) is 10.3 Å². The molecule has 0 aliphatic carbocycles. The first kappa shape index (κ1) is 26.3. The lowest BCUT2D eigenvalue weighted by Gasteiger charge is -2.19. The Morgan fingerprint density at radius 3 is 1.70 bits per heavy atom. The highest BCUT2D eigenvalue weighted by atomic mass is 35.5. The number of halogens is 2. The van der Waals surface area contributed by atoms with Gasteiger partial charge in [0.05, 0.1) is 33.1 Å². The third kappa shape index (κ3) is 7.20. The summed E-state index contributed by atoms with van der Waals surface area (Å²) >= 11 is 11.5. The molecule has 0 aliphatic rings. The standard InChI is InChI=1S/C9H12ClNO3S.C8H8ClNO4S/c1-9(2,12)7-4-3-6(5-8(7)10)15(11,13)14;1-14-8(11)6-3-2-5(4-7(6)9)15(10,12)13/h3-5,12H,1-2H3,(H2,11,13,14);2-4H,1H3,(H2,10,12,13). The number of rotatable bonds is 4. The first-order valence-electron chi connectivity index (χ1n) is 7.94. The van der Waals surface area contributed by atoms with E-state index >= 15 is 0 Å². The van der Waals surface area contributed by atoms with E-state index in [9.17, 15) is 26.7 Å². The maximum Gasteiger partial charge on any atom is 0.339 e. The van der Waals surface area contributed by atoms with Gasteiger partial charge in [-0.15, -0.1) is 0 Å². The molecule has 0 aliphatic heterocycles. The van der Waals surface area contributed by atoms with Gasteiger partial charge in [-0.1, -0.05) is 29.3 Å². The molecule has 0 spiro atoms.